The van der Waals surface area contributed by atoms with Crippen LogP contribution in [-0.4, -0.2) is 29.1 Å². The number of benzene rings is 1. The van der Waals surface area contributed by atoms with Crippen molar-refractivity contribution in [3.8, 4) is 0 Å². The summed E-state index contributed by atoms with van der Waals surface area (Å²) in [7, 11) is 0. The first-order valence-corrected chi connectivity index (χ1v) is 7.64. The van der Waals surface area contributed by atoms with Gasteiger partial charge in [0.1, 0.15) is 0 Å². The average molecular weight is 275 g/mol. The number of carboxylic acid groups (broad SMARTS) is 1. The molecule has 1 aromatic rings. The lowest BCUT2D eigenvalue weighted by Gasteiger charge is -2.28. The summed E-state index contributed by atoms with van der Waals surface area (Å²) >= 11 is 0. The Morgan fingerprint density at radius 2 is 2.00 bits per heavy atom. The Bertz CT molecular complexity index is 437. The maximum atomic E-state index is 11.0. The number of carboxylic acids is 1. The molecular weight excluding hydrogens is 250 g/mol. The Labute approximate surface area is 121 Å². The van der Waals surface area contributed by atoms with Crippen LogP contribution in [0.5, 0.6) is 0 Å². The minimum atomic E-state index is -0.736. The molecule has 0 bridgehead atoms. The summed E-state index contributed by atoms with van der Waals surface area (Å²) in [5.74, 6) is -0.0312. The molecule has 1 unspecified atom stereocenters. The van der Waals surface area contributed by atoms with E-state index in [9.17, 15) is 4.79 Å². The highest BCUT2D eigenvalue weighted by Crippen LogP contribution is 2.32. The van der Waals surface area contributed by atoms with E-state index >= 15 is 0 Å². The summed E-state index contributed by atoms with van der Waals surface area (Å²) in [6, 6.07) is 8.81. The predicted octanol–water partition coefficient (Wildman–Crippen LogP) is 3.50. The van der Waals surface area contributed by atoms with Gasteiger partial charge in [-0.15, -0.1) is 0 Å². The average Bonchev–Trinajstić information content (AvgIpc) is 3.22. The summed E-state index contributed by atoms with van der Waals surface area (Å²) in [5.41, 5.74) is 2.57. The number of rotatable bonds is 8. The number of hydrogen-bond donors (Lipinski definition) is 1. The van der Waals surface area contributed by atoms with Crippen molar-refractivity contribution >= 4 is 5.97 Å². The molecule has 1 atom stereocenters. The fourth-order valence-electron chi connectivity index (χ4n) is 2.63. The molecule has 20 heavy (non-hydrogen) atoms. The molecular formula is C17H25NO2. The second kappa shape index (κ2) is 6.89. The third-order valence-corrected chi connectivity index (χ3v) is 4.08. The van der Waals surface area contributed by atoms with Gasteiger partial charge in [-0.2, -0.15) is 0 Å². The summed E-state index contributed by atoms with van der Waals surface area (Å²) in [6.45, 7) is 5.33. The van der Waals surface area contributed by atoms with E-state index in [2.05, 4.69) is 43.0 Å². The first kappa shape index (κ1) is 15.0. The molecule has 3 heteroatoms. The largest absolute Gasteiger partial charge is 0.480 e. The van der Waals surface area contributed by atoms with Crippen LogP contribution in [0.3, 0.4) is 0 Å². The third kappa shape index (κ3) is 4.34. The van der Waals surface area contributed by atoms with Crippen LogP contribution in [0.25, 0.3) is 0 Å². The van der Waals surface area contributed by atoms with E-state index in [0.717, 1.165) is 19.4 Å². The van der Waals surface area contributed by atoms with E-state index in [1.807, 2.05) is 0 Å². The van der Waals surface area contributed by atoms with Crippen LogP contribution in [0.4, 0.5) is 0 Å². The summed E-state index contributed by atoms with van der Waals surface area (Å²) < 4.78 is 0. The zero-order chi connectivity index (χ0) is 14.5. The summed E-state index contributed by atoms with van der Waals surface area (Å²) in [6.07, 6.45) is 4.76. The number of hydrogen-bond acceptors (Lipinski definition) is 2. The third-order valence-electron chi connectivity index (χ3n) is 4.08. The molecule has 1 fully saturated rings. The maximum absolute atomic E-state index is 11.0. The van der Waals surface area contributed by atoms with Crippen LogP contribution in [-0.2, 0) is 11.2 Å². The van der Waals surface area contributed by atoms with Crippen molar-refractivity contribution in [2.75, 3.05) is 13.1 Å². The van der Waals surface area contributed by atoms with Gasteiger partial charge in [-0.1, -0.05) is 37.6 Å². The number of carbonyl (C=O) groups is 1. The van der Waals surface area contributed by atoms with Crippen molar-refractivity contribution < 1.29 is 9.90 Å². The molecule has 0 spiro atoms. The molecule has 3 nitrogen and oxygen atoms in total. The van der Waals surface area contributed by atoms with Crippen LogP contribution in [0.15, 0.2) is 24.3 Å². The number of aryl methyl sites for hydroxylation is 1. The Balaban J connectivity index is 2.04. The highest BCUT2D eigenvalue weighted by atomic mass is 16.4. The van der Waals surface area contributed by atoms with Crippen molar-refractivity contribution in [2.45, 2.75) is 45.6 Å². The highest BCUT2D eigenvalue weighted by molar-refractivity contribution is 5.69. The van der Waals surface area contributed by atoms with E-state index in [1.165, 1.54) is 24.0 Å². The second-order valence-corrected chi connectivity index (χ2v) is 5.93. The van der Waals surface area contributed by atoms with Crippen LogP contribution in [0.1, 0.15) is 50.3 Å². The highest BCUT2D eigenvalue weighted by Gasteiger charge is 2.28. The fourth-order valence-corrected chi connectivity index (χ4v) is 2.63. The minimum absolute atomic E-state index is 0.133. The van der Waals surface area contributed by atoms with E-state index < -0.39 is 5.97 Å². The van der Waals surface area contributed by atoms with E-state index in [4.69, 9.17) is 5.11 Å². The molecule has 0 aromatic heterocycles. The van der Waals surface area contributed by atoms with E-state index in [-0.39, 0.29) is 12.6 Å². The Hall–Kier alpha value is -1.35. The SMILES string of the molecule is CCCc1ccc(C(C)N(CC(=O)O)CC2CC2)cc1. The van der Waals surface area contributed by atoms with Gasteiger partial charge >= 0.3 is 5.97 Å². The topological polar surface area (TPSA) is 40.5 Å². The van der Waals surface area contributed by atoms with Crippen molar-refractivity contribution in [3.63, 3.8) is 0 Å². The molecule has 2 rings (SSSR count). The second-order valence-electron chi connectivity index (χ2n) is 5.93. The molecule has 1 aromatic carbocycles. The lowest BCUT2D eigenvalue weighted by Crippen LogP contribution is -2.34. The van der Waals surface area contributed by atoms with Gasteiger partial charge in [-0.3, -0.25) is 9.69 Å². The zero-order valence-corrected chi connectivity index (χ0v) is 12.5. The normalized spacial score (nSPS) is 16.4. The van der Waals surface area contributed by atoms with Gasteiger partial charge in [0.25, 0.3) is 0 Å². The fraction of sp³-hybridized carbons (Fsp3) is 0.588. The first-order valence-electron chi connectivity index (χ1n) is 7.64. The Morgan fingerprint density at radius 3 is 2.50 bits per heavy atom. The molecule has 1 aliphatic rings. The molecule has 1 saturated carbocycles. The predicted molar refractivity (Wildman–Crippen MR) is 80.8 cm³/mol. The standard InChI is InChI=1S/C17H25NO2/c1-3-4-14-7-9-16(10-8-14)13(2)18(12-17(19)20)11-15-5-6-15/h7-10,13,15H,3-6,11-12H2,1-2H3,(H,19,20). The zero-order valence-electron chi connectivity index (χ0n) is 12.5. The molecule has 0 saturated heterocycles. The van der Waals surface area contributed by atoms with Crippen molar-refractivity contribution in [1.29, 1.82) is 0 Å². The monoisotopic (exact) mass is 275 g/mol. The smallest absolute Gasteiger partial charge is 0.317 e. The van der Waals surface area contributed by atoms with Gasteiger partial charge in [0.05, 0.1) is 6.54 Å². The molecule has 110 valence electrons. The van der Waals surface area contributed by atoms with Gasteiger partial charge in [-0.05, 0) is 43.2 Å². The van der Waals surface area contributed by atoms with Gasteiger partial charge in [0.15, 0.2) is 0 Å². The van der Waals surface area contributed by atoms with Crippen molar-refractivity contribution in [3.05, 3.63) is 35.4 Å². The first-order chi connectivity index (χ1) is 9.60. The summed E-state index contributed by atoms with van der Waals surface area (Å²) in [5, 5.41) is 9.09. The molecule has 0 heterocycles. The molecule has 0 radical (unpaired) electrons. The van der Waals surface area contributed by atoms with Gasteiger partial charge < -0.3 is 5.11 Å². The van der Waals surface area contributed by atoms with Crippen LogP contribution < -0.4 is 0 Å². The maximum Gasteiger partial charge on any atom is 0.317 e. The Kier molecular flexibility index (Phi) is 5.18. The van der Waals surface area contributed by atoms with E-state index in [0.29, 0.717) is 5.92 Å². The van der Waals surface area contributed by atoms with Crippen LogP contribution in [0.2, 0.25) is 0 Å². The van der Waals surface area contributed by atoms with Gasteiger partial charge in [-0.25, -0.2) is 0 Å². The lowest BCUT2D eigenvalue weighted by atomic mass is 10.0. The molecule has 1 aliphatic carbocycles. The van der Waals surface area contributed by atoms with Crippen molar-refractivity contribution in [1.82, 2.24) is 4.90 Å². The van der Waals surface area contributed by atoms with Gasteiger partial charge in [0.2, 0.25) is 0 Å². The molecule has 0 aliphatic heterocycles. The summed E-state index contributed by atoms with van der Waals surface area (Å²) in [4.78, 5) is 13.1. The minimum Gasteiger partial charge on any atom is -0.480 e. The molecule has 0 amide bonds. The lowest BCUT2D eigenvalue weighted by molar-refractivity contribution is -0.139. The number of nitrogens with zero attached hydrogens (tertiary/aromatic N) is 1. The van der Waals surface area contributed by atoms with Gasteiger partial charge in [0, 0.05) is 12.6 Å². The number of aliphatic carboxylic acids is 1. The Morgan fingerprint density at radius 1 is 1.35 bits per heavy atom. The van der Waals surface area contributed by atoms with E-state index in [1.54, 1.807) is 0 Å². The molecule has 1 N–H and O–H groups in total. The van der Waals surface area contributed by atoms with Crippen LogP contribution in [0, 0.1) is 5.92 Å². The quantitative estimate of drug-likeness (QED) is 0.789. The van der Waals surface area contributed by atoms with Crippen molar-refractivity contribution in [2.24, 2.45) is 5.92 Å². The van der Waals surface area contributed by atoms with Crippen LogP contribution >= 0.6 is 0 Å².